The Hall–Kier alpha value is -2.60. The van der Waals surface area contributed by atoms with Gasteiger partial charge in [0.25, 0.3) is 5.95 Å². The number of hydrogen-bond acceptors (Lipinski definition) is 9. The number of para-hydroxylation sites is 1. The highest BCUT2D eigenvalue weighted by Gasteiger charge is 2.34. The zero-order valence-corrected chi connectivity index (χ0v) is 20.3. The molecule has 4 rings (SSSR count). The zero-order valence-electron chi connectivity index (χ0n) is 18.7. The molecule has 0 aliphatic carbocycles. The quantitative estimate of drug-likeness (QED) is 0.447. The first-order chi connectivity index (χ1) is 15.9. The number of aromatic nitrogens is 5. The Morgan fingerprint density at radius 1 is 1.18 bits per heavy atom. The van der Waals surface area contributed by atoms with E-state index in [1.54, 1.807) is 18.8 Å². The Bertz CT molecular complexity index is 1070. The summed E-state index contributed by atoms with van der Waals surface area (Å²) in [5.74, 6) is 2.32. The van der Waals surface area contributed by atoms with Crippen LogP contribution in [0.2, 0.25) is 5.02 Å². The van der Waals surface area contributed by atoms with E-state index < -0.39 is 11.4 Å². The first kappa shape index (κ1) is 23.6. The maximum atomic E-state index is 13.3. The van der Waals surface area contributed by atoms with Crippen molar-refractivity contribution in [3.63, 3.8) is 0 Å². The van der Waals surface area contributed by atoms with E-state index in [1.807, 2.05) is 32.0 Å². The average Bonchev–Trinajstić information content (AvgIpc) is 3.18. The van der Waals surface area contributed by atoms with Crippen LogP contribution < -0.4 is 14.2 Å². The van der Waals surface area contributed by atoms with Crippen LogP contribution >= 0.6 is 11.6 Å². The summed E-state index contributed by atoms with van der Waals surface area (Å²) < 4.78 is 34.9. The largest absolute Gasteiger partial charge is 0.593 e. The molecule has 3 heterocycles. The molecular weight excluding hydrogens is 468 g/mol. The van der Waals surface area contributed by atoms with Gasteiger partial charge in [0.2, 0.25) is 0 Å². The molecule has 0 amide bonds. The van der Waals surface area contributed by atoms with Crippen LogP contribution in [0.5, 0.6) is 11.5 Å². The van der Waals surface area contributed by atoms with Crippen LogP contribution in [-0.4, -0.2) is 55.4 Å². The van der Waals surface area contributed by atoms with Crippen molar-refractivity contribution in [2.45, 2.75) is 37.5 Å². The van der Waals surface area contributed by atoms with Gasteiger partial charge in [-0.15, -0.1) is 10.2 Å². The smallest absolute Gasteiger partial charge is 0.271 e. The molecule has 1 aliphatic rings. The molecule has 4 atom stereocenters. The van der Waals surface area contributed by atoms with E-state index in [4.69, 9.17) is 25.8 Å². The van der Waals surface area contributed by atoms with Crippen LogP contribution in [0.15, 0.2) is 30.6 Å². The SMILES string of the molecule is COc1cccc(OC)c1-n1c(N[S+]([O-])C(C)C(C)c2ncc(Cl)cn2)nnc1[C@@H]1CCO1. The summed E-state index contributed by atoms with van der Waals surface area (Å²) in [6.45, 7) is 4.41. The molecule has 10 nitrogen and oxygen atoms in total. The number of rotatable bonds is 9. The lowest BCUT2D eigenvalue weighted by Gasteiger charge is -2.27. The molecule has 1 aliphatic heterocycles. The molecular formula is C21H25ClN6O4S. The maximum absolute atomic E-state index is 13.3. The Labute approximate surface area is 200 Å². The first-order valence-electron chi connectivity index (χ1n) is 10.4. The van der Waals surface area contributed by atoms with Gasteiger partial charge in [-0.3, -0.25) is 4.57 Å². The molecule has 1 saturated heterocycles. The second-order valence-electron chi connectivity index (χ2n) is 7.53. The number of methoxy groups -OCH3 is 2. The third-order valence-corrected chi connectivity index (χ3v) is 7.24. The van der Waals surface area contributed by atoms with Gasteiger partial charge >= 0.3 is 0 Å². The molecule has 0 spiro atoms. The van der Waals surface area contributed by atoms with Crippen molar-refractivity contribution in [2.24, 2.45) is 0 Å². The van der Waals surface area contributed by atoms with E-state index in [-0.39, 0.29) is 23.2 Å². The predicted octanol–water partition coefficient (Wildman–Crippen LogP) is 3.46. The molecule has 3 unspecified atom stereocenters. The Morgan fingerprint density at radius 2 is 1.82 bits per heavy atom. The zero-order chi connectivity index (χ0) is 23.5. The summed E-state index contributed by atoms with van der Waals surface area (Å²) in [4.78, 5) is 8.51. The molecule has 3 aromatic rings. The van der Waals surface area contributed by atoms with Crippen molar-refractivity contribution >= 4 is 28.9 Å². The van der Waals surface area contributed by atoms with Crippen LogP contribution in [0, 0.1) is 0 Å². The van der Waals surface area contributed by atoms with E-state index in [9.17, 15) is 4.55 Å². The standard InChI is InChI=1S/C21H25ClN6O4S/c1-12(19-23-10-14(22)11-24-19)13(2)33(29)27-21-26-25-20(17-8-9-32-17)28(21)18-15(30-3)6-5-7-16(18)31-4/h5-7,10-13,17H,8-9H2,1-4H3,(H,26,27)/t12?,13?,17-,33?/m0/s1. The van der Waals surface area contributed by atoms with E-state index in [1.165, 1.54) is 12.4 Å². The number of anilines is 1. The first-order valence-corrected chi connectivity index (χ1v) is 12.0. The molecule has 12 heteroatoms. The molecule has 1 fully saturated rings. The van der Waals surface area contributed by atoms with Gasteiger partial charge in [-0.2, -0.15) is 4.72 Å². The second-order valence-corrected chi connectivity index (χ2v) is 9.51. The minimum absolute atomic E-state index is 0.206. The number of hydrogen-bond donors (Lipinski definition) is 1. The van der Waals surface area contributed by atoms with E-state index in [0.29, 0.717) is 40.5 Å². The molecule has 0 radical (unpaired) electrons. The van der Waals surface area contributed by atoms with Crippen LogP contribution in [0.4, 0.5) is 5.95 Å². The summed E-state index contributed by atoms with van der Waals surface area (Å²) in [5.41, 5.74) is 0.597. The van der Waals surface area contributed by atoms with Crippen molar-refractivity contribution in [2.75, 3.05) is 25.5 Å². The molecule has 33 heavy (non-hydrogen) atoms. The fourth-order valence-electron chi connectivity index (χ4n) is 3.42. The number of benzene rings is 1. The number of nitrogens with zero attached hydrogens (tertiary/aromatic N) is 5. The van der Waals surface area contributed by atoms with Crippen molar-refractivity contribution < 1.29 is 18.8 Å². The Kier molecular flexibility index (Phi) is 7.23. The maximum Gasteiger partial charge on any atom is 0.271 e. The van der Waals surface area contributed by atoms with E-state index >= 15 is 0 Å². The predicted molar refractivity (Wildman–Crippen MR) is 124 cm³/mol. The van der Waals surface area contributed by atoms with E-state index in [2.05, 4.69) is 24.9 Å². The minimum Gasteiger partial charge on any atom is -0.593 e. The number of nitrogens with one attached hydrogen (secondary N) is 1. The van der Waals surface area contributed by atoms with Crippen LogP contribution in [0.1, 0.15) is 43.9 Å². The fraction of sp³-hybridized carbons (Fsp3) is 0.429. The summed E-state index contributed by atoms with van der Waals surface area (Å²) in [6, 6.07) is 5.45. The van der Waals surface area contributed by atoms with Crippen LogP contribution in [-0.2, 0) is 16.1 Å². The second kappa shape index (κ2) is 10.1. The Morgan fingerprint density at radius 3 is 2.36 bits per heavy atom. The van der Waals surface area contributed by atoms with Gasteiger partial charge in [-0.25, -0.2) is 9.97 Å². The molecule has 0 saturated carbocycles. The summed E-state index contributed by atoms with van der Waals surface area (Å²) in [7, 11) is 3.15. The minimum atomic E-state index is -1.55. The van der Waals surface area contributed by atoms with Gasteiger partial charge in [-0.05, 0) is 19.1 Å². The lowest BCUT2D eigenvalue weighted by Crippen LogP contribution is -2.32. The normalized spacial score (nSPS) is 18.2. The third kappa shape index (κ3) is 4.72. The van der Waals surface area contributed by atoms with Gasteiger partial charge < -0.3 is 18.8 Å². The molecule has 176 valence electrons. The molecule has 2 aromatic heterocycles. The monoisotopic (exact) mass is 492 g/mol. The topological polar surface area (TPSA) is 119 Å². The van der Waals surface area contributed by atoms with Gasteiger partial charge in [0.05, 0.1) is 43.1 Å². The van der Waals surface area contributed by atoms with Crippen molar-refractivity contribution in [1.29, 1.82) is 0 Å². The summed E-state index contributed by atoms with van der Waals surface area (Å²) in [6.07, 6.45) is 3.63. The number of halogens is 1. The van der Waals surface area contributed by atoms with Gasteiger partial charge in [0, 0.05) is 18.8 Å². The van der Waals surface area contributed by atoms with Crippen molar-refractivity contribution in [3.05, 3.63) is 47.3 Å². The summed E-state index contributed by atoms with van der Waals surface area (Å²) in [5, 5.41) is 8.71. The van der Waals surface area contributed by atoms with Crippen molar-refractivity contribution in [3.8, 4) is 17.2 Å². The highest BCUT2D eigenvalue weighted by atomic mass is 35.5. The highest BCUT2D eigenvalue weighted by molar-refractivity contribution is 7.93. The van der Waals surface area contributed by atoms with E-state index in [0.717, 1.165) is 6.42 Å². The summed E-state index contributed by atoms with van der Waals surface area (Å²) >= 11 is 4.34. The van der Waals surface area contributed by atoms with Crippen molar-refractivity contribution in [1.82, 2.24) is 24.7 Å². The lowest BCUT2D eigenvalue weighted by molar-refractivity contribution is -0.0589. The van der Waals surface area contributed by atoms with Gasteiger partial charge in [-0.1, -0.05) is 24.6 Å². The van der Waals surface area contributed by atoms with Gasteiger partial charge in [0.1, 0.15) is 34.4 Å². The number of ether oxygens (including phenoxy) is 3. The van der Waals surface area contributed by atoms with Crippen LogP contribution in [0.3, 0.4) is 0 Å². The average molecular weight is 493 g/mol. The lowest BCUT2D eigenvalue weighted by atomic mass is 10.1. The Balaban J connectivity index is 1.68. The fourth-order valence-corrected chi connectivity index (χ4v) is 4.51. The molecule has 1 aromatic carbocycles. The molecule has 0 bridgehead atoms. The highest BCUT2D eigenvalue weighted by Crippen LogP contribution is 2.39. The third-order valence-electron chi connectivity index (χ3n) is 5.58. The van der Waals surface area contributed by atoms with Gasteiger partial charge in [0.15, 0.2) is 5.82 Å². The van der Waals surface area contributed by atoms with Crippen LogP contribution in [0.25, 0.3) is 5.69 Å². The molecule has 1 N–H and O–H groups in total.